The van der Waals surface area contributed by atoms with E-state index in [4.69, 9.17) is 9.47 Å². The Morgan fingerprint density at radius 3 is 2.74 bits per heavy atom. The molecule has 0 bridgehead atoms. The summed E-state index contributed by atoms with van der Waals surface area (Å²) in [6.45, 7) is 2.58. The first-order chi connectivity index (χ1) is 13.0. The Morgan fingerprint density at radius 2 is 1.96 bits per heavy atom. The van der Waals surface area contributed by atoms with Crippen molar-refractivity contribution in [1.82, 2.24) is 5.32 Å². The Kier molecular flexibility index (Phi) is 4.35. The van der Waals surface area contributed by atoms with Gasteiger partial charge in [-0.3, -0.25) is 9.59 Å². The van der Waals surface area contributed by atoms with E-state index in [2.05, 4.69) is 5.32 Å². The number of benzene rings is 2. The number of carbonyl (C=O) groups is 2. The summed E-state index contributed by atoms with van der Waals surface area (Å²) in [4.78, 5) is 26.9. The summed E-state index contributed by atoms with van der Waals surface area (Å²) < 4.78 is 11.1. The van der Waals surface area contributed by atoms with Gasteiger partial charge in [-0.2, -0.15) is 0 Å². The van der Waals surface area contributed by atoms with Gasteiger partial charge in [0, 0.05) is 18.3 Å². The highest BCUT2D eigenvalue weighted by Gasteiger charge is 2.36. The number of anilines is 1. The summed E-state index contributed by atoms with van der Waals surface area (Å²) in [6, 6.07) is 11.6. The van der Waals surface area contributed by atoms with Crippen LogP contribution in [-0.2, 0) is 9.59 Å². The van der Waals surface area contributed by atoms with E-state index in [9.17, 15) is 14.7 Å². The molecule has 0 saturated carbocycles. The Labute approximate surface area is 156 Å². The van der Waals surface area contributed by atoms with Crippen molar-refractivity contribution in [2.24, 2.45) is 0 Å². The van der Waals surface area contributed by atoms with E-state index in [1.807, 2.05) is 31.2 Å². The lowest BCUT2D eigenvalue weighted by Crippen LogP contribution is -2.50. The molecule has 2 amide bonds. The number of nitrogens with zero attached hydrogens (tertiary/aromatic N) is 1. The van der Waals surface area contributed by atoms with Crippen LogP contribution in [-0.4, -0.2) is 42.2 Å². The molecule has 7 nitrogen and oxygen atoms in total. The van der Waals surface area contributed by atoms with Crippen LogP contribution in [0.2, 0.25) is 0 Å². The maximum absolute atomic E-state index is 12.7. The minimum Gasteiger partial charge on any atom is -0.508 e. The van der Waals surface area contributed by atoms with Gasteiger partial charge in [-0.25, -0.2) is 0 Å². The average molecular weight is 368 g/mol. The second kappa shape index (κ2) is 6.83. The van der Waals surface area contributed by atoms with E-state index in [0.29, 0.717) is 24.5 Å². The summed E-state index contributed by atoms with van der Waals surface area (Å²) >= 11 is 0. The highest BCUT2D eigenvalue weighted by molar-refractivity contribution is 6.01. The number of phenolic OH excluding ortho intramolecular Hbond substituents is 1. The number of phenols is 1. The standard InChI is InChI=1S/C20H20N2O5/c1-12-2-4-13(5-3-12)22-9-8-15(20(22)25)21-19(24)18-11-26-16-7-6-14(23)10-17(16)27-18/h2-7,10,15,18,23H,8-9,11H2,1H3,(H,21,24). The molecule has 2 aromatic rings. The number of aryl methyl sites for hydroxylation is 1. The van der Waals surface area contributed by atoms with Crippen molar-refractivity contribution in [3.05, 3.63) is 48.0 Å². The van der Waals surface area contributed by atoms with E-state index in [1.54, 1.807) is 11.0 Å². The molecule has 1 saturated heterocycles. The molecule has 7 heteroatoms. The van der Waals surface area contributed by atoms with Gasteiger partial charge in [0.15, 0.2) is 11.5 Å². The van der Waals surface area contributed by atoms with Crippen molar-refractivity contribution >= 4 is 17.5 Å². The van der Waals surface area contributed by atoms with Gasteiger partial charge in [-0.1, -0.05) is 17.7 Å². The maximum atomic E-state index is 12.7. The number of carbonyl (C=O) groups excluding carboxylic acids is 2. The van der Waals surface area contributed by atoms with E-state index < -0.39 is 18.1 Å². The summed E-state index contributed by atoms with van der Waals surface area (Å²) in [6.07, 6.45) is -0.343. The van der Waals surface area contributed by atoms with E-state index >= 15 is 0 Å². The topological polar surface area (TPSA) is 88.1 Å². The number of nitrogens with one attached hydrogen (secondary N) is 1. The SMILES string of the molecule is Cc1ccc(N2CCC(NC(=O)C3COc4ccc(O)cc4O3)C2=O)cc1. The van der Waals surface area contributed by atoms with Crippen molar-refractivity contribution < 1.29 is 24.2 Å². The summed E-state index contributed by atoms with van der Waals surface area (Å²) in [7, 11) is 0. The molecule has 1 fully saturated rings. The van der Waals surface area contributed by atoms with Gasteiger partial charge in [-0.05, 0) is 37.6 Å². The van der Waals surface area contributed by atoms with E-state index in [1.165, 1.54) is 12.1 Å². The lowest BCUT2D eigenvalue weighted by atomic mass is 10.2. The Morgan fingerprint density at radius 1 is 1.19 bits per heavy atom. The average Bonchev–Trinajstić information content (AvgIpc) is 3.02. The third-order valence-electron chi connectivity index (χ3n) is 4.75. The van der Waals surface area contributed by atoms with Crippen molar-refractivity contribution in [2.45, 2.75) is 25.5 Å². The second-order valence-electron chi connectivity index (χ2n) is 6.72. The first-order valence-electron chi connectivity index (χ1n) is 8.82. The minimum absolute atomic E-state index is 0.0260. The van der Waals surface area contributed by atoms with Crippen molar-refractivity contribution in [3.63, 3.8) is 0 Å². The Hall–Kier alpha value is -3.22. The normalized spacial score (nSPS) is 21.2. The van der Waals surface area contributed by atoms with Crippen LogP contribution in [0, 0.1) is 6.92 Å². The summed E-state index contributed by atoms with van der Waals surface area (Å²) in [5, 5.41) is 12.3. The summed E-state index contributed by atoms with van der Waals surface area (Å²) in [5.74, 6) is 0.257. The number of fused-ring (bicyclic) bond motifs is 1. The van der Waals surface area contributed by atoms with Crippen LogP contribution >= 0.6 is 0 Å². The predicted octanol–water partition coefficient (Wildman–Crippen LogP) is 1.76. The van der Waals surface area contributed by atoms with Gasteiger partial charge in [0.25, 0.3) is 5.91 Å². The van der Waals surface area contributed by atoms with Crippen LogP contribution in [0.15, 0.2) is 42.5 Å². The molecular formula is C20H20N2O5. The molecule has 0 spiro atoms. The van der Waals surface area contributed by atoms with Gasteiger partial charge in [0.2, 0.25) is 12.0 Å². The molecule has 2 aliphatic rings. The molecule has 27 heavy (non-hydrogen) atoms. The molecule has 140 valence electrons. The van der Waals surface area contributed by atoms with Gasteiger partial charge in [0.1, 0.15) is 18.4 Å². The van der Waals surface area contributed by atoms with Gasteiger partial charge in [0.05, 0.1) is 0 Å². The quantitative estimate of drug-likeness (QED) is 0.862. The first kappa shape index (κ1) is 17.2. The second-order valence-corrected chi connectivity index (χ2v) is 6.72. The molecule has 2 N–H and O–H groups in total. The predicted molar refractivity (Wildman–Crippen MR) is 98.1 cm³/mol. The molecule has 2 atom stereocenters. The van der Waals surface area contributed by atoms with Crippen LogP contribution in [0.3, 0.4) is 0 Å². The van der Waals surface area contributed by atoms with Crippen LogP contribution in [0.5, 0.6) is 17.2 Å². The molecule has 0 radical (unpaired) electrons. The molecule has 4 rings (SSSR count). The highest BCUT2D eigenvalue weighted by Crippen LogP contribution is 2.34. The van der Waals surface area contributed by atoms with Gasteiger partial charge >= 0.3 is 0 Å². The molecule has 2 unspecified atom stereocenters. The fourth-order valence-electron chi connectivity index (χ4n) is 3.25. The van der Waals surface area contributed by atoms with Gasteiger partial charge in [-0.15, -0.1) is 0 Å². The maximum Gasteiger partial charge on any atom is 0.265 e. The number of hydrogen-bond acceptors (Lipinski definition) is 5. The number of rotatable bonds is 3. The minimum atomic E-state index is -0.875. The Balaban J connectivity index is 1.40. The highest BCUT2D eigenvalue weighted by atomic mass is 16.6. The van der Waals surface area contributed by atoms with Crippen molar-refractivity contribution in [1.29, 1.82) is 0 Å². The zero-order valence-electron chi connectivity index (χ0n) is 14.8. The molecule has 2 aromatic carbocycles. The zero-order valence-corrected chi connectivity index (χ0v) is 14.8. The molecule has 0 aromatic heterocycles. The van der Waals surface area contributed by atoms with Crippen LogP contribution in [0.25, 0.3) is 0 Å². The van der Waals surface area contributed by atoms with Crippen molar-refractivity contribution in [3.8, 4) is 17.2 Å². The van der Waals surface area contributed by atoms with E-state index in [-0.39, 0.29) is 18.3 Å². The van der Waals surface area contributed by atoms with Crippen LogP contribution in [0.1, 0.15) is 12.0 Å². The van der Waals surface area contributed by atoms with Crippen LogP contribution < -0.4 is 19.7 Å². The zero-order chi connectivity index (χ0) is 19.0. The van der Waals surface area contributed by atoms with Gasteiger partial charge < -0.3 is 24.8 Å². The van der Waals surface area contributed by atoms with Crippen LogP contribution in [0.4, 0.5) is 5.69 Å². The molecule has 0 aliphatic carbocycles. The fraction of sp³-hybridized carbons (Fsp3) is 0.300. The monoisotopic (exact) mass is 368 g/mol. The lowest BCUT2D eigenvalue weighted by Gasteiger charge is -2.26. The first-order valence-corrected chi connectivity index (χ1v) is 8.82. The Bertz CT molecular complexity index is 880. The van der Waals surface area contributed by atoms with E-state index in [0.717, 1.165) is 11.3 Å². The van der Waals surface area contributed by atoms with Crippen molar-refractivity contribution in [2.75, 3.05) is 18.1 Å². The summed E-state index contributed by atoms with van der Waals surface area (Å²) in [5.41, 5.74) is 1.94. The smallest absolute Gasteiger partial charge is 0.265 e. The molecule has 2 heterocycles. The number of hydrogen-bond donors (Lipinski definition) is 2. The number of aromatic hydroxyl groups is 1. The third-order valence-corrected chi connectivity index (χ3v) is 4.75. The number of ether oxygens (including phenoxy) is 2. The largest absolute Gasteiger partial charge is 0.508 e. The third kappa shape index (κ3) is 3.40. The molecular weight excluding hydrogens is 348 g/mol. The number of amides is 2. The fourth-order valence-corrected chi connectivity index (χ4v) is 3.25. The lowest BCUT2D eigenvalue weighted by molar-refractivity contribution is -0.133. The molecule has 2 aliphatic heterocycles.